The highest BCUT2D eigenvalue weighted by atomic mass is 32.1. The highest BCUT2D eigenvalue weighted by Crippen LogP contribution is 2.44. The largest absolute Gasteiger partial charge is 0.334 e. The topological polar surface area (TPSA) is 32.3 Å². The van der Waals surface area contributed by atoms with Crippen molar-refractivity contribution in [1.29, 1.82) is 0 Å². The summed E-state index contributed by atoms with van der Waals surface area (Å²) >= 11 is 4.59. The second-order valence-corrected chi connectivity index (χ2v) is 7.77. The Morgan fingerprint density at radius 2 is 1.79 bits per heavy atom. The molecule has 132 valence electrons. The molecule has 3 unspecified atom stereocenters. The summed E-state index contributed by atoms with van der Waals surface area (Å²) in [4.78, 5) is 12.8. The maximum absolute atomic E-state index is 12.8. The van der Waals surface area contributed by atoms with E-state index in [0.29, 0.717) is 12.0 Å². The van der Waals surface area contributed by atoms with Gasteiger partial charge < -0.3 is 5.32 Å². The quantitative estimate of drug-likeness (QED) is 0.729. The summed E-state index contributed by atoms with van der Waals surface area (Å²) in [5.74, 6) is 1.51. The molecule has 3 atom stereocenters. The van der Waals surface area contributed by atoms with Crippen LogP contribution in [-0.2, 0) is 19.3 Å². The van der Waals surface area contributed by atoms with Crippen molar-refractivity contribution in [1.82, 2.24) is 5.32 Å². The maximum atomic E-state index is 12.8. The number of anilines is 1. The number of fused-ring (bicyclic) bond motifs is 2. The number of thiol groups is 1. The lowest BCUT2D eigenvalue weighted by molar-refractivity contribution is 0.240. The molecule has 2 aliphatic carbocycles. The Bertz CT molecular complexity index is 591. The number of carbonyl (C=O) groups excluding carboxylic acids is 1. The molecule has 2 fully saturated rings. The van der Waals surface area contributed by atoms with E-state index in [1.54, 1.807) is 4.31 Å². The lowest BCUT2D eigenvalue weighted by Gasteiger charge is -2.28. The van der Waals surface area contributed by atoms with Crippen molar-refractivity contribution in [2.24, 2.45) is 11.8 Å². The molecule has 1 aromatic rings. The smallest absolute Gasteiger partial charge is 0.332 e. The Balaban J connectivity index is 1.80. The van der Waals surface area contributed by atoms with Crippen LogP contribution in [0.4, 0.5) is 10.5 Å². The summed E-state index contributed by atoms with van der Waals surface area (Å²) in [5, 5.41) is 3.25. The summed E-state index contributed by atoms with van der Waals surface area (Å²) < 4.78 is 1.56. The fourth-order valence-corrected chi connectivity index (χ4v) is 4.90. The average Bonchev–Trinajstić information content (AvgIpc) is 3.22. The van der Waals surface area contributed by atoms with Crippen LogP contribution in [-0.4, -0.2) is 12.1 Å². The normalized spacial score (nSPS) is 25.1. The summed E-state index contributed by atoms with van der Waals surface area (Å²) in [6, 6.07) is 4.73. The molecule has 2 aliphatic rings. The number of hydrogen-bond acceptors (Lipinski definition) is 2. The SMILES string of the molecule is CCc1cc(CC)c(N(S)C(=O)NC2CC3CCC2C3)c(CC)c1. The molecule has 4 heteroatoms. The highest BCUT2D eigenvalue weighted by Gasteiger charge is 2.40. The van der Waals surface area contributed by atoms with Gasteiger partial charge in [-0.2, -0.15) is 0 Å². The maximum Gasteiger partial charge on any atom is 0.332 e. The minimum atomic E-state index is -0.0652. The second kappa shape index (κ2) is 7.38. The van der Waals surface area contributed by atoms with Crippen LogP contribution >= 0.6 is 12.8 Å². The zero-order chi connectivity index (χ0) is 17.3. The van der Waals surface area contributed by atoms with Gasteiger partial charge in [0, 0.05) is 6.04 Å². The van der Waals surface area contributed by atoms with Gasteiger partial charge in [0.15, 0.2) is 0 Å². The summed E-state index contributed by atoms with van der Waals surface area (Å²) in [6.07, 6.45) is 7.90. The first kappa shape index (κ1) is 17.7. The van der Waals surface area contributed by atoms with Crippen molar-refractivity contribution in [3.05, 3.63) is 28.8 Å². The number of nitrogens with zero attached hydrogens (tertiary/aromatic N) is 1. The Kier molecular flexibility index (Phi) is 5.43. The van der Waals surface area contributed by atoms with Crippen molar-refractivity contribution in [3.63, 3.8) is 0 Å². The molecule has 0 aliphatic heterocycles. The van der Waals surface area contributed by atoms with Crippen molar-refractivity contribution in [2.45, 2.75) is 71.8 Å². The summed E-state index contributed by atoms with van der Waals surface area (Å²) in [5.41, 5.74) is 4.75. The zero-order valence-electron chi connectivity index (χ0n) is 15.1. The van der Waals surface area contributed by atoms with Crippen LogP contribution in [0.2, 0.25) is 0 Å². The number of aryl methyl sites for hydroxylation is 3. The van der Waals surface area contributed by atoms with Crippen LogP contribution in [0.15, 0.2) is 12.1 Å². The molecule has 1 aromatic carbocycles. The van der Waals surface area contributed by atoms with Gasteiger partial charge in [-0.15, -0.1) is 0 Å². The van der Waals surface area contributed by atoms with Gasteiger partial charge in [-0.25, -0.2) is 9.10 Å². The molecular formula is C20H30N2OS. The van der Waals surface area contributed by atoms with Gasteiger partial charge >= 0.3 is 6.03 Å². The molecule has 1 N–H and O–H groups in total. The van der Waals surface area contributed by atoms with Crippen molar-refractivity contribution in [3.8, 4) is 0 Å². The number of benzene rings is 1. The highest BCUT2D eigenvalue weighted by molar-refractivity contribution is 7.82. The van der Waals surface area contributed by atoms with E-state index in [4.69, 9.17) is 0 Å². The number of amides is 2. The van der Waals surface area contributed by atoms with E-state index in [0.717, 1.165) is 37.3 Å². The minimum absolute atomic E-state index is 0.0652. The number of nitrogens with one attached hydrogen (secondary N) is 1. The van der Waals surface area contributed by atoms with Crippen LogP contribution in [0.25, 0.3) is 0 Å². The fourth-order valence-electron chi connectivity index (χ4n) is 4.59. The summed E-state index contributed by atoms with van der Waals surface area (Å²) in [6.45, 7) is 6.47. The molecular weight excluding hydrogens is 316 g/mol. The Morgan fingerprint density at radius 1 is 1.12 bits per heavy atom. The number of hydrogen-bond donors (Lipinski definition) is 2. The molecule has 0 aromatic heterocycles. The average molecular weight is 347 g/mol. The lowest BCUT2D eigenvalue weighted by atomic mass is 9.95. The van der Waals surface area contributed by atoms with Gasteiger partial charge in [0.2, 0.25) is 0 Å². The molecule has 0 radical (unpaired) electrons. The van der Waals surface area contributed by atoms with Crippen LogP contribution in [0.3, 0.4) is 0 Å². The van der Waals surface area contributed by atoms with Crippen LogP contribution in [0.5, 0.6) is 0 Å². The van der Waals surface area contributed by atoms with E-state index in [9.17, 15) is 4.79 Å². The van der Waals surface area contributed by atoms with E-state index < -0.39 is 0 Å². The predicted octanol–water partition coefficient (Wildman–Crippen LogP) is 4.92. The van der Waals surface area contributed by atoms with Crippen LogP contribution < -0.4 is 9.62 Å². The van der Waals surface area contributed by atoms with Gasteiger partial charge in [-0.05, 0) is 67.1 Å². The Morgan fingerprint density at radius 3 is 2.25 bits per heavy atom. The van der Waals surface area contributed by atoms with Gasteiger partial charge in [-0.3, -0.25) is 0 Å². The molecule has 0 saturated heterocycles. The van der Waals surface area contributed by atoms with E-state index in [1.807, 2.05) is 0 Å². The third-order valence-electron chi connectivity index (χ3n) is 5.95. The van der Waals surface area contributed by atoms with Gasteiger partial charge in [0.1, 0.15) is 0 Å². The van der Waals surface area contributed by atoms with Crippen molar-refractivity contribution in [2.75, 3.05) is 4.31 Å². The van der Waals surface area contributed by atoms with Crippen molar-refractivity contribution >= 4 is 24.5 Å². The van der Waals surface area contributed by atoms with Crippen LogP contribution in [0, 0.1) is 11.8 Å². The third kappa shape index (κ3) is 3.30. The standard InChI is InChI=1S/C20H30N2OS/c1-4-13-9-15(5-2)19(16(6-3)10-13)22(24)20(23)21-18-12-14-7-8-17(18)11-14/h9-10,14,17-18,24H,4-8,11-12H2,1-3H3,(H,21,23). The van der Waals surface area contributed by atoms with Crippen LogP contribution in [0.1, 0.15) is 63.1 Å². The molecule has 2 saturated carbocycles. The monoisotopic (exact) mass is 346 g/mol. The Hall–Kier alpha value is -1.16. The van der Waals surface area contributed by atoms with E-state index in [1.165, 1.54) is 36.0 Å². The Labute approximate surface area is 151 Å². The van der Waals surface area contributed by atoms with E-state index >= 15 is 0 Å². The lowest BCUT2D eigenvalue weighted by Crippen LogP contribution is -2.44. The molecule has 3 nitrogen and oxygen atoms in total. The number of carbonyl (C=O) groups is 1. The number of rotatable bonds is 5. The molecule has 2 bridgehead atoms. The second-order valence-electron chi connectivity index (χ2n) is 7.37. The van der Waals surface area contributed by atoms with Gasteiger partial charge in [-0.1, -0.05) is 52.1 Å². The molecule has 3 rings (SSSR count). The third-order valence-corrected chi connectivity index (χ3v) is 6.33. The molecule has 0 spiro atoms. The first-order valence-electron chi connectivity index (χ1n) is 9.51. The number of urea groups is 1. The van der Waals surface area contributed by atoms with E-state index in [-0.39, 0.29) is 6.03 Å². The molecule has 0 heterocycles. The van der Waals surface area contributed by atoms with Gasteiger partial charge in [0.05, 0.1) is 5.69 Å². The summed E-state index contributed by atoms with van der Waals surface area (Å²) in [7, 11) is 0. The van der Waals surface area contributed by atoms with Gasteiger partial charge in [0.25, 0.3) is 0 Å². The zero-order valence-corrected chi connectivity index (χ0v) is 16.0. The first-order chi connectivity index (χ1) is 11.6. The predicted molar refractivity (Wildman–Crippen MR) is 104 cm³/mol. The first-order valence-corrected chi connectivity index (χ1v) is 9.91. The molecule has 2 amide bonds. The minimum Gasteiger partial charge on any atom is -0.334 e. The van der Waals surface area contributed by atoms with E-state index in [2.05, 4.69) is 51.0 Å². The van der Waals surface area contributed by atoms with Crippen molar-refractivity contribution < 1.29 is 4.79 Å². The molecule has 24 heavy (non-hydrogen) atoms. The fraction of sp³-hybridized carbons (Fsp3) is 0.650.